The average Bonchev–Trinajstić information content (AvgIpc) is 3.40. The predicted molar refractivity (Wildman–Crippen MR) is 148 cm³/mol. The number of benzene rings is 2. The SMILES string of the molecule is CCC(C)C(NC(=O)C(=Cc1cn(-c2ccccc2)nc1-c1cccnc1)NC(=O)c1ccccc1)C(=O)O. The summed E-state index contributed by atoms with van der Waals surface area (Å²) in [4.78, 5) is 42.6. The van der Waals surface area contributed by atoms with Crippen molar-refractivity contribution in [3.63, 3.8) is 0 Å². The van der Waals surface area contributed by atoms with Gasteiger partial charge in [0, 0.05) is 35.3 Å². The van der Waals surface area contributed by atoms with Gasteiger partial charge in [-0.05, 0) is 48.4 Å². The fraction of sp³-hybridized carbons (Fsp3) is 0.167. The highest BCUT2D eigenvalue weighted by atomic mass is 16.4. The topological polar surface area (TPSA) is 126 Å². The van der Waals surface area contributed by atoms with Crippen LogP contribution >= 0.6 is 0 Å². The molecule has 0 saturated carbocycles. The molecule has 0 radical (unpaired) electrons. The minimum atomic E-state index is -1.15. The van der Waals surface area contributed by atoms with Gasteiger partial charge in [0.1, 0.15) is 17.4 Å². The van der Waals surface area contributed by atoms with Gasteiger partial charge in [-0.25, -0.2) is 9.48 Å². The van der Waals surface area contributed by atoms with Crippen LogP contribution in [0.4, 0.5) is 0 Å². The van der Waals surface area contributed by atoms with Crippen LogP contribution in [0.3, 0.4) is 0 Å². The lowest BCUT2D eigenvalue weighted by Crippen LogP contribution is -2.47. The molecule has 198 valence electrons. The predicted octanol–water partition coefficient (Wildman–Crippen LogP) is 4.32. The van der Waals surface area contributed by atoms with Gasteiger partial charge in [-0.2, -0.15) is 5.10 Å². The summed E-state index contributed by atoms with van der Waals surface area (Å²) in [6.07, 6.45) is 7.08. The fourth-order valence-electron chi connectivity index (χ4n) is 3.93. The summed E-state index contributed by atoms with van der Waals surface area (Å²) in [5.41, 5.74) is 2.79. The van der Waals surface area contributed by atoms with Crippen LogP contribution in [0.25, 0.3) is 23.0 Å². The third-order valence-corrected chi connectivity index (χ3v) is 6.29. The number of amides is 2. The Balaban J connectivity index is 1.80. The van der Waals surface area contributed by atoms with Gasteiger partial charge in [0.05, 0.1) is 5.69 Å². The molecule has 0 saturated heterocycles. The normalized spacial score (nSPS) is 12.8. The highest BCUT2D eigenvalue weighted by Gasteiger charge is 2.27. The first-order valence-corrected chi connectivity index (χ1v) is 12.5. The Morgan fingerprint density at radius 3 is 2.31 bits per heavy atom. The highest BCUT2D eigenvalue weighted by molar-refractivity contribution is 6.06. The average molecular weight is 524 g/mol. The van der Waals surface area contributed by atoms with Crippen LogP contribution in [-0.2, 0) is 9.59 Å². The number of rotatable bonds is 10. The molecule has 4 aromatic rings. The molecule has 0 aliphatic rings. The molecule has 2 aromatic heterocycles. The largest absolute Gasteiger partial charge is 0.480 e. The van der Waals surface area contributed by atoms with Crippen LogP contribution in [0.5, 0.6) is 0 Å². The lowest BCUT2D eigenvalue weighted by Gasteiger charge is -2.21. The molecule has 0 fully saturated rings. The zero-order valence-electron chi connectivity index (χ0n) is 21.6. The van der Waals surface area contributed by atoms with E-state index in [4.69, 9.17) is 5.10 Å². The van der Waals surface area contributed by atoms with Crippen molar-refractivity contribution in [3.05, 3.63) is 108 Å². The number of aliphatic carboxylic acids is 1. The van der Waals surface area contributed by atoms with Gasteiger partial charge in [0.25, 0.3) is 11.8 Å². The van der Waals surface area contributed by atoms with Gasteiger partial charge in [-0.15, -0.1) is 0 Å². The van der Waals surface area contributed by atoms with Crippen LogP contribution in [0.1, 0.15) is 36.2 Å². The summed E-state index contributed by atoms with van der Waals surface area (Å²) in [6, 6.07) is 20.4. The number of nitrogens with zero attached hydrogens (tertiary/aromatic N) is 3. The Kier molecular flexibility index (Phi) is 8.63. The van der Waals surface area contributed by atoms with Crippen LogP contribution in [0.2, 0.25) is 0 Å². The molecule has 9 nitrogen and oxygen atoms in total. The van der Waals surface area contributed by atoms with E-state index in [-0.39, 0.29) is 11.6 Å². The molecule has 2 unspecified atom stereocenters. The molecule has 0 spiro atoms. The van der Waals surface area contributed by atoms with E-state index in [2.05, 4.69) is 15.6 Å². The number of carboxylic acids is 1. The zero-order valence-corrected chi connectivity index (χ0v) is 21.6. The van der Waals surface area contributed by atoms with E-state index < -0.39 is 23.8 Å². The number of para-hydroxylation sites is 1. The quantitative estimate of drug-likeness (QED) is 0.266. The molecular weight excluding hydrogens is 494 g/mol. The maximum atomic E-state index is 13.5. The van der Waals surface area contributed by atoms with E-state index in [1.807, 2.05) is 43.3 Å². The van der Waals surface area contributed by atoms with Crippen LogP contribution in [0, 0.1) is 5.92 Å². The summed E-state index contributed by atoms with van der Waals surface area (Å²) in [7, 11) is 0. The first kappa shape index (κ1) is 27.0. The number of hydrogen-bond donors (Lipinski definition) is 3. The molecule has 9 heteroatoms. The molecule has 2 heterocycles. The number of carbonyl (C=O) groups is 3. The Bertz CT molecular complexity index is 1470. The van der Waals surface area contributed by atoms with Gasteiger partial charge in [-0.3, -0.25) is 14.6 Å². The zero-order chi connectivity index (χ0) is 27.8. The van der Waals surface area contributed by atoms with Crippen LogP contribution < -0.4 is 10.6 Å². The summed E-state index contributed by atoms with van der Waals surface area (Å²) in [5.74, 6) is -2.72. The number of aromatic nitrogens is 3. The summed E-state index contributed by atoms with van der Waals surface area (Å²) >= 11 is 0. The molecular formula is C30H29N5O4. The molecule has 39 heavy (non-hydrogen) atoms. The summed E-state index contributed by atoms with van der Waals surface area (Å²) in [5, 5.41) is 19.7. The van der Waals surface area contributed by atoms with Crippen molar-refractivity contribution in [1.29, 1.82) is 0 Å². The van der Waals surface area contributed by atoms with E-state index >= 15 is 0 Å². The van der Waals surface area contributed by atoms with E-state index in [0.29, 0.717) is 28.8 Å². The Hall–Kier alpha value is -5.05. The van der Waals surface area contributed by atoms with E-state index in [1.54, 1.807) is 66.6 Å². The molecule has 3 N–H and O–H groups in total. The third kappa shape index (κ3) is 6.64. The molecule has 2 atom stereocenters. The fourth-order valence-corrected chi connectivity index (χ4v) is 3.93. The van der Waals surface area contributed by atoms with Crippen molar-refractivity contribution in [2.45, 2.75) is 26.3 Å². The van der Waals surface area contributed by atoms with Gasteiger partial charge in [0.2, 0.25) is 0 Å². The standard InChI is InChI=1S/C30H29N5O4/c1-3-20(2)26(30(38)39)33-29(37)25(32-28(36)21-11-6-4-7-12-21)17-23-19-35(24-14-8-5-9-15-24)34-27(23)22-13-10-16-31-18-22/h4-20,26H,3H2,1-2H3,(H,32,36)(H,33,37)(H,38,39). The highest BCUT2D eigenvalue weighted by Crippen LogP contribution is 2.25. The van der Waals surface area contributed by atoms with E-state index in [1.165, 1.54) is 6.08 Å². The number of pyridine rings is 1. The lowest BCUT2D eigenvalue weighted by atomic mass is 9.99. The van der Waals surface area contributed by atoms with Crippen molar-refractivity contribution < 1.29 is 19.5 Å². The van der Waals surface area contributed by atoms with Crippen LogP contribution in [-0.4, -0.2) is 43.7 Å². The maximum Gasteiger partial charge on any atom is 0.326 e. The van der Waals surface area contributed by atoms with Crippen molar-refractivity contribution in [2.75, 3.05) is 0 Å². The Labute approximate surface area is 226 Å². The monoisotopic (exact) mass is 523 g/mol. The van der Waals surface area contributed by atoms with Gasteiger partial charge in [-0.1, -0.05) is 56.7 Å². The lowest BCUT2D eigenvalue weighted by molar-refractivity contribution is -0.142. The summed E-state index contributed by atoms with van der Waals surface area (Å²) < 4.78 is 1.67. The Morgan fingerprint density at radius 2 is 1.69 bits per heavy atom. The number of nitrogens with one attached hydrogen (secondary N) is 2. The van der Waals surface area contributed by atoms with E-state index in [0.717, 1.165) is 5.69 Å². The molecule has 0 aliphatic heterocycles. The van der Waals surface area contributed by atoms with Gasteiger partial charge >= 0.3 is 5.97 Å². The minimum absolute atomic E-state index is 0.115. The van der Waals surface area contributed by atoms with Crippen molar-refractivity contribution in [3.8, 4) is 16.9 Å². The van der Waals surface area contributed by atoms with E-state index in [9.17, 15) is 19.5 Å². The molecule has 0 aliphatic carbocycles. The molecule has 4 rings (SSSR count). The summed E-state index contributed by atoms with van der Waals surface area (Å²) in [6.45, 7) is 3.59. The maximum absolute atomic E-state index is 13.5. The van der Waals surface area contributed by atoms with Crippen molar-refractivity contribution in [2.24, 2.45) is 5.92 Å². The van der Waals surface area contributed by atoms with Crippen LogP contribution in [0.15, 0.2) is 97.1 Å². The first-order chi connectivity index (χ1) is 18.9. The molecule has 0 bridgehead atoms. The second-order valence-electron chi connectivity index (χ2n) is 9.01. The van der Waals surface area contributed by atoms with Crippen molar-refractivity contribution >= 4 is 23.9 Å². The second kappa shape index (κ2) is 12.5. The second-order valence-corrected chi connectivity index (χ2v) is 9.01. The number of hydrogen-bond acceptors (Lipinski definition) is 5. The number of carbonyl (C=O) groups excluding carboxylic acids is 2. The van der Waals surface area contributed by atoms with Gasteiger partial charge < -0.3 is 15.7 Å². The van der Waals surface area contributed by atoms with Gasteiger partial charge in [0.15, 0.2) is 0 Å². The smallest absolute Gasteiger partial charge is 0.326 e. The van der Waals surface area contributed by atoms with Crippen molar-refractivity contribution in [1.82, 2.24) is 25.4 Å². The number of carboxylic acid groups (broad SMARTS) is 1. The minimum Gasteiger partial charge on any atom is -0.480 e. The Morgan fingerprint density at radius 1 is 1.00 bits per heavy atom. The third-order valence-electron chi connectivity index (χ3n) is 6.29. The molecule has 2 aromatic carbocycles. The first-order valence-electron chi connectivity index (χ1n) is 12.5. The molecule has 2 amide bonds.